The van der Waals surface area contributed by atoms with Crippen LogP contribution in [0.15, 0.2) is 29.2 Å². The maximum Gasteiger partial charge on any atom is 0.232 e. The fourth-order valence-electron chi connectivity index (χ4n) is 2.62. The molecule has 0 spiro atoms. The minimum Gasteiger partial charge on any atom is -0.396 e. The second-order valence-electron chi connectivity index (χ2n) is 5.64. The summed E-state index contributed by atoms with van der Waals surface area (Å²) in [5.74, 6) is 0.234. The molecule has 2 rings (SSSR count). The van der Waals surface area contributed by atoms with Crippen LogP contribution in [0, 0.1) is 11.2 Å². The number of likely N-dealkylation sites (tertiary alicyclic amines) is 1. The van der Waals surface area contributed by atoms with Gasteiger partial charge in [0.1, 0.15) is 5.82 Å². The predicted octanol–water partition coefficient (Wildman–Crippen LogP) is 2.93. The molecule has 1 heterocycles. The lowest BCUT2D eigenvalue weighted by Crippen LogP contribution is -2.45. The molecule has 0 aliphatic carbocycles. The number of amides is 1. The molecule has 1 aromatic carbocycles. The molecule has 1 aliphatic heterocycles. The summed E-state index contributed by atoms with van der Waals surface area (Å²) in [5.41, 5.74) is 0.000873. The minimum absolute atomic E-state index is 0.000873. The molecular weight excluding hydrogens is 289 g/mol. The number of halogens is 1. The van der Waals surface area contributed by atoms with Crippen molar-refractivity contribution in [2.24, 2.45) is 5.41 Å². The van der Waals surface area contributed by atoms with Crippen LogP contribution in [-0.2, 0) is 4.79 Å². The van der Waals surface area contributed by atoms with Crippen molar-refractivity contribution >= 4 is 17.7 Å². The molecule has 21 heavy (non-hydrogen) atoms. The van der Waals surface area contributed by atoms with Crippen LogP contribution in [0.3, 0.4) is 0 Å². The lowest BCUT2D eigenvalue weighted by atomic mass is 9.77. The maximum atomic E-state index is 12.8. The number of benzene rings is 1. The number of thioether (sulfide) groups is 1. The van der Waals surface area contributed by atoms with E-state index in [1.54, 1.807) is 12.1 Å². The third-order valence-electron chi connectivity index (χ3n) is 4.44. The first-order valence-electron chi connectivity index (χ1n) is 7.35. The van der Waals surface area contributed by atoms with Gasteiger partial charge in [-0.2, -0.15) is 0 Å². The number of nitrogens with zero attached hydrogens (tertiary/aromatic N) is 1. The quantitative estimate of drug-likeness (QED) is 0.850. The molecule has 0 aromatic heterocycles. The Balaban J connectivity index is 1.81. The highest BCUT2D eigenvalue weighted by Crippen LogP contribution is 2.34. The Morgan fingerprint density at radius 2 is 1.95 bits per heavy atom. The van der Waals surface area contributed by atoms with Crippen molar-refractivity contribution in [2.75, 3.05) is 25.4 Å². The molecule has 5 heteroatoms. The largest absolute Gasteiger partial charge is 0.396 e. The number of carbonyl (C=O) groups excluding carboxylic acids is 1. The molecule has 0 unspecified atom stereocenters. The maximum absolute atomic E-state index is 12.8. The van der Waals surface area contributed by atoms with E-state index >= 15 is 0 Å². The van der Waals surface area contributed by atoms with Crippen molar-refractivity contribution in [2.45, 2.75) is 31.1 Å². The van der Waals surface area contributed by atoms with Crippen molar-refractivity contribution in [3.63, 3.8) is 0 Å². The van der Waals surface area contributed by atoms with E-state index in [9.17, 15) is 14.3 Å². The van der Waals surface area contributed by atoms with Crippen molar-refractivity contribution < 1.29 is 14.3 Å². The van der Waals surface area contributed by atoms with Crippen LogP contribution >= 0.6 is 11.8 Å². The standard InChI is InChI=1S/C16H22FNO2S/c1-2-16(12-19)7-9-18(10-8-16)15(20)11-21-14-5-3-13(17)4-6-14/h3-6,19H,2,7-12H2,1H3. The van der Waals surface area contributed by atoms with Crippen molar-refractivity contribution in [1.82, 2.24) is 4.90 Å². The lowest BCUT2D eigenvalue weighted by molar-refractivity contribution is -0.131. The molecule has 1 aliphatic rings. The molecule has 3 nitrogen and oxygen atoms in total. The zero-order valence-corrected chi connectivity index (χ0v) is 13.2. The smallest absolute Gasteiger partial charge is 0.232 e. The van der Waals surface area contributed by atoms with E-state index in [2.05, 4.69) is 6.92 Å². The summed E-state index contributed by atoms with van der Waals surface area (Å²) in [6.07, 6.45) is 2.69. The monoisotopic (exact) mass is 311 g/mol. The molecule has 1 aromatic rings. The van der Waals surface area contributed by atoms with Crippen LogP contribution in [0.2, 0.25) is 0 Å². The van der Waals surface area contributed by atoms with Crippen LogP contribution in [0.1, 0.15) is 26.2 Å². The van der Waals surface area contributed by atoms with Gasteiger partial charge in [0, 0.05) is 24.6 Å². The summed E-state index contributed by atoms with van der Waals surface area (Å²) >= 11 is 1.44. The fraction of sp³-hybridized carbons (Fsp3) is 0.562. The third-order valence-corrected chi connectivity index (χ3v) is 5.43. The minimum atomic E-state index is -0.262. The summed E-state index contributed by atoms with van der Waals surface area (Å²) in [4.78, 5) is 15.0. The van der Waals surface area contributed by atoms with Crippen molar-refractivity contribution in [3.05, 3.63) is 30.1 Å². The molecule has 1 N–H and O–H groups in total. The van der Waals surface area contributed by atoms with Gasteiger partial charge in [0.25, 0.3) is 0 Å². The Bertz CT molecular complexity index is 464. The van der Waals surface area contributed by atoms with E-state index in [4.69, 9.17) is 0 Å². The molecule has 116 valence electrons. The molecule has 0 saturated carbocycles. The Morgan fingerprint density at radius 1 is 1.33 bits per heavy atom. The summed E-state index contributed by atoms with van der Waals surface area (Å²) in [6.45, 7) is 3.74. The van der Waals surface area contributed by atoms with Gasteiger partial charge < -0.3 is 10.0 Å². The van der Waals surface area contributed by atoms with Gasteiger partial charge in [0.15, 0.2) is 0 Å². The summed E-state index contributed by atoms with van der Waals surface area (Å²) < 4.78 is 12.8. The Hall–Kier alpha value is -1.07. The molecule has 0 atom stereocenters. The Morgan fingerprint density at radius 3 is 2.48 bits per heavy atom. The lowest BCUT2D eigenvalue weighted by Gasteiger charge is -2.40. The number of rotatable bonds is 5. The number of piperidine rings is 1. The second kappa shape index (κ2) is 7.27. The van der Waals surface area contributed by atoms with Crippen LogP contribution in [0.4, 0.5) is 4.39 Å². The average Bonchev–Trinajstić information content (AvgIpc) is 2.54. The zero-order valence-electron chi connectivity index (χ0n) is 12.3. The highest BCUT2D eigenvalue weighted by molar-refractivity contribution is 8.00. The summed E-state index contributed by atoms with van der Waals surface area (Å²) in [6, 6.07) is 6.20. The highest BCUT2D eigenvalue weighted by atomic mass is 32.2. The van der Waals surface area contributed by atoms with E-state index in [-0.39, 0.29) is 23.7 Å². The van der Waals surface area contributed by atoms with Gasteiger partial charge in [-0.1, -0.05) is 6.92 Å². The number of aliphatic hydroxyl groups excluding tert-OH is 1. The van der Waals surface area contributed by atoms with Crippen molar-refractivity contribution in [3.8, 4) is 0 Å². The normalized spacial score (nSPS) is 17.8. The Labute approximate surface area is 129 Å². The fourth-order valence-corrected chi connectivity index (χ4v) is 3.42. The second-order valence-corrected chi connectivity index (χ2v) is 6.68. The third kappa shape index (κ3) is 4.20. The van der Waals surface area contributed by atoms with Gasteiger partial charge in [-0.25, -0.2) is 4.39 Å². The van der Waals surface area contributed by atoms with Gasteiger partial charge in [0.05, 0.1) is 5.75 Å². The van der Waals surface area contributed by atoms with E-state index in [1.807, 2.05) is 4.90 Å². The summed E-state index contributed by atoms with van der Waals surface area (Å²) in [5, 5.41) is 9.50. The van der Waals surface area contributed by atoms with Gasteiger partial charge in [-0.05, 0) is 48.9 Å². The van der Waals surface area contributed by atoms with Gasteiger partial charge in [-0.15, -0.1) is 11.8 Å². The van der Waals surface area contributed by atoms with Crippen LogP contribution in [0.5, 0.6) is 0 Å². The van der Waals surface area contributed by atoms with Gasteiger partial charge in [-0.3, -0.25) is 4.79 Å². The topological polar surface area (TPSA) is 40.5 Å². The number of hydrogen-bond acceptors (Lipinski definition) is 3. The van der Waals surface area contributed by atoms with Gasteiger partial charge >= 0.3 is 0 Å². The SMILES string of the molecule is CCC1(CO)CCN(C(=O)CSc2ccc(F)cc2)CC1. The first-order valence-corrected chi connectivity index (χ1v) is 8.34. The number of aliphatic hydroxyl groups is 1. The van der Waals surface area contributed by atoms with Crippen molar-refractivity contribution in [1.29, 1.82) is 0 Å². The first kappa shape index (κ1) is 16.3. The molecule has 0 radical (unpaired) electrons. The number of carbonyl (C=O) groups is 1. The number of hydrogen-bond donors (Lipinski definition) is 1. The van der Waals surface area contributed by atoms with E-state index in [0.29, 0.717) is 5.75 Å². The molecule has 1 amide bonds. The molecular formula is C16H22FNO2S. The van der Waals surface area contributed by atoms with Crippen LogP contribution < -0.4 is 0 Å². The van der Waals surface area contributed by atoms with E-state index in [0.717, 1.165) is 37.2 Å². The molecule has 1 saturated heterocycles. The van der Waals surface area contributed by atoms with E-state index < -0.39 is 0 Å². The summed E-state index contributed by atoms with van der Waals surface area (Å²) in [7, 11) is 0. The van der Waals surface area contributed by atoms with Crippen LogP contribution in [0.25, 0.3) is 0 Å². The molecule has 1 fully saturated rings. The zero-order chi connectivity index (χ0) is 15.3. The highest BCUT2D eigenvalue weighted by Gasteiger charge is 2.33. The van der Waals surface area contributed by atoms with Crippen LogP contribution in [-0.4, -0.2) is 41.4 Å². The van der Waals surface area contributed by atoms with E-state index in [1.165, 1.54) is 23.9 Å². The first-order chi connectivity index (χ1) is 10.1. The average molecular weight is 311 g/mol. The molecule has 0 bridgehead atoms. The predicted molar refractivity (Wildman–Crippen MR) is 82.7 cm³/mol. The Kier molecular flexibility index (Phi) is 5.65. The van der Waals surface area contributed by atoms with Gasteiger partial charge in [0.2, 0.25) is 5.91 Å².